The van der Waals surface area contributed by atoms with Gasteiger partial charge in [0, 0.05) is 30.4 Å². The highest BCUT2D eigenvalue weighted by atomic mass is 15.3. The summed E-state index contributed by atoms with van der Waals surface area (Å²) in [5.74, 6) is 0.951. The number of aromatic nitrogens is 2. The van der Waals surface area contributed by atoms with Crippen LogP contribution in [0.25, 0.3) is 0 Å². The summed E-state index contributed by atoms with van der Waals surface area (Å²) in [6, 6.07) is 1.30. The Labute approximate surface area is 110 Å². The maximum Gasteiger partial charge on any atom is 0.0540 e. The van der Waals surface area contributed by atoms with Crippen molar-refractivity contribution >= 4 is 0 Å². The molecule has 100 valence electrons. The number of fused-ring (bicyclic) bond motifs is 1. The molecule has 2 atom stereocenters. The van der Waals surface area contributed by atoms with Crippen molar-refractivity contribution in [2.75, 3.05) is 0 Å². The molecule has 2 aliphatic rings. The maximum atomic E-state index is 4.44. The van der Waals surface area contributed by atoms with Crippen LogP contribution in [0.5, 0.6) is 0 Å². The second-order valence-electron chi connectivity index (χ2n) is 6.01. The molecule has 3 heteroatoms. The molecule has 0 aliphatic heterocycles. The zero-order chi connectivity index (χ0) is 12.5. The number of nitrogens with zero attached hydrogens (tertiary/aromatic N) is 2. The van der Waals surface area contributed by atoms with Crippen molar-refractivity contribution in [1.29, 1.82) is 0 Å². The van der Waals surface area contributed by atoms with Gasteiger partial charge in [-0.3, -0.25) is 4.68 Å². The second kappa shape index (κ2) is 5.04. The highest BCUT2D eigenvalue weighted by Crippen LogP contribution is 2.37. The molecular weight excluding hydrogens is 222 g/mol. The Morgan fingerprint density at radius 1 is 1.44 bits per heavy atom. The molecule has 1 N–H and O–H groups in total. The zero-order valence-electron chi connectivity index (χ0n) is 11.7. The Kier molecular flexibility index (Phi) is 3.42. The lowest BCUT2D eigenvalue weighted by molar-refractivity contribution is 0.349. The van der Waals surface area contributed by atoms with Crippen LogP contribution in [0.4, 0.5) is 0 Å². The largest absolute Gasteiger partial charge is 0.307 e. The van der Waals surface area contributed by atoms with Crippen molar-refractivity contribution in [2.24, 2.45) is 13.0 Å². The monoisotopic (exact) mass is 247 g/mol. The van der Waals surface area contributed by atoms with Crippen LogP contribution in [0.3, 0.4) is 0 Å². The van der Waals surface area contributed by atoms with Crippen LogP contribution < -0.4 is 5.32 Å². The van der Waals surface area contributed by atoms with Gasteiger partial charge in [0.1, 0.15) is 0 Å². The van der Waals surface area contributed by atoms with E-state index in [4.69, 9.17) is 0 Å². The van der Waals surface area contributed by atoms with Gasteiger partial charge in [-0.1, -0.05) is 13.3 Å². The van der Waals surface area contributed by atoms with Crippen LogP contribution in [-0.4, -0.2) is 15.8 Å². The molecule has 1 heterocycles. The van der Waals surface area contributed by atoms with Gasteiger partial charge in [0.15, 0.2) is 0 Å². The molecular formula is C15H25N3. The number of nitrogens with one attached hydrogen (secondary N) is 1. The first-order valence-electron chi connectivity index (χ1n) is 7.56. The highest BCUT2D eigenvalue weighted by Gasteiger charge is 2.33. The Morgan fingerprint density at radius 3 is 3.00 bits per heavy atom. The van der Waals surface area contributed by atoms with Gasteiger partial charge in [-0.2, -0.15) is 5.10 Å². The molecule has 2 unspecified atom stereocenters. The van der Waals surface area contributed by atoms with Crippen LogP contribution in [0.2, 0.25) is 0 Å². The molecule has 1 fully saturated rings. The molecule has 2 aliphatic carbocycles. The quantitative estimate of drug-likeness (QED) is 0.867. The average Bonchev–Trinajstić information content (AvgIpc) is 3.15. The van der Waals surface area contributed by atoms with E-state index >= 15 is 0 Å². The van der Waals surface area contributed by atoms with Gasteiger partial charge in [-0.25, -0.2) is 0 Å². The van der Waals surface area contributed by atoms with Crippen LogP contribution in [-0.2, 0) is 13.5 Å². The molecule has 3 nitrogen and oxygen atoms in total. The standard InChI is InChI=1S/C15H25N3/c1-3-5-13(11-8-9-11)17-14-6-4-7-15-12(14)10-16-18(15)2/h10-11,13-14,17H,3-9H2,1-2H3. The number of aryl methyl sites for hydroxylation is 1. The van der Waals surface area contributed by atoms with Gasteiger partial charge >= 0.3 is 0 Å². The molecule has 0 amide bonds. The molecule has 0 bridgehead atoms. The summed E-state index contributed by atoms with van der Waals surface area (Å²) < 4.78 is 2.06. The smallest absolute Gasteiger partial charge is 0.0540 e. The predicted octanol–water partition coefficient (Wildman–Crippen LogP) is 2.97. The summed E-state index contributed by atoms with van der Waals surface area (Å²) >= 11 is 0. The SMILES string of the molecule is CCCC(NC1CCCc2c1cnn2C)C1CC1. The number of hydrogen-bond acceptors (Lipinski definition) is 2. The fourth-order valence-corrected chi connectivity index (χ4v) is 3.40. The molecule has 3 rings (SSSR count). The molecule has 0 aromatic carbocycles. The molecule has 1 saturated carbocycles. The first-order chi connectivity index (χ1) is 8.79. The number of hydrogen-bond donors (Lipinski definition) is 1. The van der Waals surface area contributed by atoms with E-state index in [1.54, 1.807) is 0 Å². The summed E-state index contributed by atoms with van der Waals surface area (Å²) in [5, 5.41) is 8.37. The zero-order valence-corrected chi connectivity index (χ0v) is 11.7. The van der Waals surface area contributed by atoms with Gasteiger partial charge in [0.05, 0.1) is 6.20 Å². The van der Waals surface area contributed by atoms with Gasteiger partial charge in [0.25, 0.3) is 0 Å². The first kappa shape index (κ1) is 12.2. The fraction of sp³-hybridized carbons (Fsp3) is 0.800. The highest BCUT2D eigenvalue weighted by molar-refractivity contribution is 5.25. The molecule has 1 aromatic heterocycles. The van der Waals surface area contributed by atoms with Crippen molar-refractivity contribution < 1.29 is 0 Å². The van der Waals surface area contributed by atoms with Crippen molar-refractivity contribution in [1.82, 2.24) is 15.1 Å². The molecule has 0 spiro atoms. The number of rotatable bonds is 5. The maximum absolute atomic E-state index is 4.44. The summed E-state index contributed by atoms with van der Waals surface area (Å²) in [6.45, 7) is 2.30. The van der Waals surface area contributed by atoms with E-state index in [2.05, 4.69) is 35.3 Å². The fourth-order valence-electron chi connectivity index (χ4n) is 3.40. The Bertz CT molecular complexity index is 406. The van der Waals surface area contributed by atoms with E-state index in [0.29, 0.717) is 6.04 Å². The van der Waals surface area contributed by atoms with Gasteiger partial charge in [0.2, 0.25) is 0 Å². The molecule has 0 radical (unpaired) electrons. The van der Waals surface area contributed by atoms with Crippen molar-refractivity contribution in [3.8, 4) is 0 Å². The molecule has 18 heavy (non-hydrogen) atoms. The van der Waals surface area contributed by atoms with Crippen molar-refractivity contribution in [3.63, 3.8) is 0 Å². The van der Waals surface area contributed by atoms with E-state index in [-0.39, 0.29) is 0 Å². The lowest BCUT2D eigenvalue weighted by Gasteiger charge is -2.29. The lowest BCUT2D eigenvalue weighted by atomic mass is 9.91. The molecule has 1 aromatic rings. The van der Waals surface area contributed by atoms with Gasteiger partial charge in [-0.05, 0) is 44.4 Å². The summed E-state index contributed by atoms with van der Waals surface area (Å²) in [6.07, 6.45) is 11.4. The van der Waals surface area contributed by atoms with Crippen molar-refractivity contribution in [3.05, 3.63) is 17.5 Å². The van der Waals surface area contributed by atoms with Crippen LogP contribution >= 0.6 is 0 Å². The predicted molar refractivity (Wildman–Crippen MR) is 73.4 cm³/mol. The van der Waals surface area contributed by atoms with E-state index in [9.17, 15) is 0 Å². The first-order valence-corrected chi connectivity index (χ1v) is 7.56. The normalized spacial score (nSPS) is 24.9. The van der Waals surface area contributed by atoms with Gasteiger partial charge < -0.3 is 5.32 Å². The van der Waals surface area contributed by atoms with E-state index < -0.39 is 0 Å². The van der Waals surface area contributed by atoms with Crippen LogP contribution in [0.1, 0.15) is 62.7 Å². The van der Waals surface area contributed by atoms with E-state index in [0.717, 1.165) is 12.0 Å². The third-order valence-corrected chi connectivity index (χ3v) is 4.58. The summed E-state index contributed by atoms with van der Waals surface area (Å²) in [7, 11) is 2.08. The lowest BCUT2D eigenvalue weighted by Crippen LogP contribution is -2.36. The third-order valence-electron chi connectivity index (χ3n) is 4.58. The second-order valence-corrected chi connectivity index (χ2v) is 6.01. The van der Waals surface area contributed by atoms with Crippen LogP contribution in [0.15, 0.2) is 6.20 Å². The topological polar surface area (TPSA) is 29.9 Å². The van der Waals surface area contributed by atoms with E-state index in [1.165, 1.54) is 56.2 Å². The Hall–Kier alpha value is -0.830. The Balaban J connectivity index is 1.72. The van der Waals surface area contributed by atoms with Gasteiger partial charge in [-0.15, -0.1) is 0 Å². The molecule has 0 saturated heterocycles. The minimum absolute atomic E-state index is 0.555. The summed E-state index contributed by atoms with van der Waals surface area (Å²) in [4.78, 5) is 0. The van der Waals surface area contributed by atoms with E-state index in [1.807, 2.05) is 0 Å². The minimum atomic E-state index is 0.555. The average molecular weight is 247 g/mol. The minimum Gasteiger partial charge on any atom is -0.307 e. The van der Waals surface area contributed by atoms with Crippen molar-refractivity contribution in [2.45, 2.75) is 64.0 Å². The summed E-state index contributed by atoms with van der Waals surface area (Å²) in [5.41, 5.74) is 2.91. The third kappa shape index (κ3) is 2.33. The van der Waals surface area contributed by atoms with Crippen LogP contribution in [0, 0.1) is 5.92 Å². The Morgan fingerprint density at radius 2 is 2.28 bits per heavy atom.